The van der Waals surface area contributed by atoms with Crippen LogP contribution >= 0.6 is 11.6 Å². The lowest BCUT2D eigenvalue weighted by atomic mass is 10.4. The summed E-state index contributed by atoms with van der Waals surface area (Å²) in [5.41, 5.74) is 5.47. The molecule has 1 aromatic rings. The largest absolute Gasteiger partial charge is 0.475 e. The molecule has 1 rings (SSSR count). The van der Waals surface area contributed by atoms with Crippen LogP contribution in [0.5, 0.6) is 5.88 Å². The van der Waals surface area contributed by atoms with Crippen LogP contribution in [0.4, 0.5) is 0 Å². The maximum Gasteiger partial charge on any atom is 0.233 e. The maximum atomic E-state index is 5.52. The Balaban J connectivity index is 2.48. The van der Waals surface area contributed by atoms with Crippen molar-refractivity contribution in [3.05, 3.63) is 17.3 Å². The fraction of sp³-hybridized carbons (Fsp3) is 0.429. The molecule has 0 spiro atoms. The van der Waals surface area contributed by atoms with E-state index in [1.54, 1.807) is 12.1 Å². The van der Waals surface area contributed by atoms with Crippen LogP contribution in [-0.4, -0.2) is 22.8 Å². The van der Waals surface area contributed by atoms with Gasteiger partial charge in [-0.05, 0) is 13.0 Å². The van der Waals surface area contributed by atoms with Crippen LogP contribution in [-0.2, 0) is 0 Å². The van der Waals surface area contributed by atoms with E-state index in [2.05, 4.69) is 10.2 Å². The first-order valence-electron chi connectivity index (χ1n) is 3.56. The van der Waals surface area contributed by atoms with E-state index in [1.807, 2.05) is 6.92 Å². The van der Waals surface area contributed by atoms with Gasteiger partial charge in [-0.3, -0.25) is 0 Å². The first-order valence-corrected chi connectivity index (χ1v) is 3.94. The van der Waals surface area contributed by atoms with Gasteiger partial charge in [-0.15, -0.1) is 10.2 Å². The van der Waals surface area contributed by atoms with E-state index >= 15 is 0 Å². The topological polar surface area (TPSA) is 61.0 Å². The summed E-state index contributed by atoms with van der Waals surface area (Å²) in [6.07, 6.45) is 0. The summed E-state index contributed by atoms with van der Waals surface area (Å²) in [6.45, 7) is 2.28. The van der Waals surface area contributed by atoms with Crippen molar-refractivity contribution in [2.24, 2.45) is 5.73 Å². The summed E-state index contributed by atoms with van der Waals surface area (Å²) in [5, 5.41) is 7.65. The molecular weight excluding hydrogens is 178 g/mol. The van der Waals surface area contributed by atoms with Gasteiger partial charge in [-0.2, -0.15) is 0 Å². The molecule has 0 bridgehead atoms. The molecule has 5 heteroatoms. The smallest absolute Gasteiger partial charge is 0.233 e. The van der Waals surface area contributed by atoms with Gasteiger partial charge in [0.1, 0.15) is 6.61 Å². The minimum absolute atomic E-state index is 0.0116. The Bertz CT molecular complexity index is 237. The van der Waals surface area contributed by atoms with Gasteiger partial charge in [0, 0.05) is 12.1 Å². The average molecular weight is 188 g/mol. The van der Waals surface area contributed by atoms with Crippen LogP contribution in [0.1, 0.15) is 6.92 Å². The van der Waals surface area contributed by atoms with E-state index < -0.39 is 0 Å². The summed E-state index contributed by atoms with van der Waals surface area (Å²) >= 11 is 5.52. The molecule has 2 N–H and O–H groups in total. The van der Waals surface area contributed by atoms with Crippen LogP contribution in [0.3, 0.4) is 0 Å². The number of ether oxygens (including phenoxy) is 1. The van der Waals surface area contributed by atoms with Gasteiger partial charge in [0.05, 0.1) is 0 Å². The molecule has 12 heavy (non-hydrogen) atoms. The van der Waals surface area contributed by atoms with Gasteiger partial charge >= 0.3 is 0 Å². The number of nitrogens with zero attached hydrogens (tertiary/aromatic N) is 2. The lowest BCUT2D eigenvalue weighted by Crippen LogP contribution is -2.23. The minimum atomic E-state index is -0.0116. The van der Waals surface area contributed by atoms with Gasteiger partial charge < -0.3 is 10.5 Å². The second kappa shape index (κ2) is 4.23. The van der Waals surface area contributed by atoms with Crippen molar-refractivity contribution in [3.63, 3.8) is 0 Å². The van der Waals surface area contributed by atoms with Crippen molar-refractivity contribution in [1.29, 1.82) is 0 Å². The molecule has 1 aromatic heterocycles. The molecule has 0 fully saturated rings. The highest BCUT2D eigenvalue weighted by atomic mass is 35.5. The molecule has 0 amide bonds. The first kappa shape index (κ1) is 9.22. The monoisotopic (exact) mass is 187 g/mol. The third kappa shape index (κ3) is 3.02. The Morgan fingerprint density at radius 2 is 2.33 bits per heavy atom. The van der Waals surface area contributed by atoms with Crippen LogP contribution < -0.4 is 10.5 Å². The zero-order chi connectivity index (χ0) is 8.97. The van der Waals surface area contributed by atoms with Crippen molar-refractivity contribution < 1.29 is 4.74 Å². The van der Waals surface area contributed by atoms with Crippen LogP contribution in [0.25, 0.3) is 0 Å². The quantitative estimate of drug-likeness (QED) is 0.763. The third-order valence-electron chi connectivity index (χ3n) is 1.10. The van der Waals surface area contributed by atoms with E-state index in [-0.39, 0.29) is 6.04 Å². The molecule has 0 saturated heterocycles. The van der Waals surface area contributed by atoms with Crippen molar-refractivity contribution in [3.8, 4) is 5.88 Å². The second-order valence-electron chi connectivity index (χ2n) is 2.48. The molecule has 0 aliphatic carbocycles. The van der Waals surface area contributed by atoms with E-state index in [0.29, 0.717) is 17.6 Å². The van der Waals surface area contributed by atoms with Gasteiger partial charge in [0.15, 0.2) is 5.15 Å². The molecule has 0 aromatic carbocycles. The van der Waals surface area contributed by atoms with Crippen LogP contribution in [0, 0.1) is 0 Å². The molecule has 1 unspecified atom stereocenters. The fourth-order valence-corrected chi connectivity index (χ4v) is 0.698. The molecule has 1 atom stereocenters. The lowest BCUT2D eigenvalue weighted by molar-refractivity contribution is 0.282. The zero-order valence-electron chi connectivity index (χ0n) is 6.70. The highest BCUT2D eigenvalue weighted by molar-refractivity contribution is 6.29. The normalized spacial score (nSPS) is 12.6. The van der Waals surface area contributed by atoms with Crippen LogP contribution in [0.2, 0.25) is 5.15 Å². The van der Waals surface area contributed by atoms with E-state index in [1.165, 1.54) is 0 Å². The Morgan fingerprint density at radius 3 is 2.83 bits per heavy atom. The van der Waals surface area contributed by atoms with Crippen molar-refractivity contribution >= 4 is 11.6 Å². The SMILES string of the molecule is CC(N)COc1ccc(Cl)nn1. The predicted molar refractivity (Wildman–Crippen MR) is 46.2 cm³/mol. The third-order valence-corrected chi connectivity index (χ3v) is 1.30. The molecule has 0 aliphatic rings. The zero-order valence-corrected chi connectivity index (χ0v) is 7.45. The molecule has 0 saturated carbocycles. The number of hydrogen-bond donors (Lipinski definition) is 1. The maximum absolute atomic E-state index is 5.52. The molecule has 1 heterocycles. The number of halogens is 1. The molecule has 4 nitrogen and oxygen atoms in total. The number of hydrogen-bond acceptors (Lipinski definition) is 4. The number of nitrogens with two attached hydrogens (primary N) is 1. The van der Waals surface area contributed by atoms with E-state index in [0.717, 1.165) is 0 Å². The van der Waals surface area contributed by atoms with Crippen molar-refractivity contribution in [2.75, 3.05) is 6.61 Å². The fourth-order valence-electron chi connectivity index (χ4n) is 0.598. The Kier molecular flexibility index (Phi) is 3.25. The standard InChI is InChI=1S/C7H10ClN3O/c1-5(9)4-12-7-3-2-6(8)10-11-7/h2-3,5H,4,9H2,1H3. The van der Waals surface area contributed by atoms with Crippen molar-refractivity contribution in [2.45, 2.75) is 13.0 Å². The highest BCUT2D eigenvalue weighted by Crippen LogP contribution is 2.07. The van der Waals surface area contributed by atoms with Gasteiger partial charge in [0.2, 0.25) is 5.88 Å². The summed E-state index contributed by atoms with van der Waals surface area (Å²) < 4.78 is 5.17. The summed E-state index contributed by atoms with van der Waals surface area (Å²) in [7, 11) is 0. The van der Waals surface area contributed by atoms with E-state index in [9.17, 15) is 0 Å². The van der Waals surface area contributed by atoms with Crippen LogP contribution in [0.15, 0.2) is 12.1 Å². The highest BCUT2D eigenvalue weighted by Gasteiger charge is 1.98. The Hall–Kier alpha value is -0.870. The van der Waals surface area contributed by atoms with Gasteiger partial charge in [-0.1, -0.05) is 11.6 Å². The van der Waals surface area contributed by atoms with Gasteiger partial charge in [0.25, 0.3) is 0 Å². The second-order valence-corrected chi connectivity index (χ2v) is 2.87. The first-order chi connectivity index (χ1) is 5.68. The number of aromatic nitrogens is 2. The van der Waals surface area contributed by atoms with E-state index in [4.69, 9.17) is 22.1 Å². The Labute approximate surface area is 75.7 Å². The average Bonchev–Trinajstić information content (AvgIpc) is 2.03. The molecule has 66 valence electrons. The molecular formula is C7H10ClN3O. The number of rotatable bonds is 3. The summed E-state index contributed by atoms with van der Waals surface area (Å²) in [4.78, 5) is 0. The predicted octanol–water partition coefficient (Wildman–Crippen LogP) is 0.856. The Morgan fingerprint density at radius 1 is 1.58 bits per heavy atom. The summed E-state index contributed by atoms with van der Waals surface area (Å²) in [6, 6.07) is 3.26. The lowest BCUT2D eigenvalue weighted by Gasteiger charge is -2.06. The summed E-state index contributed by atoms with van der Waals surface area (Å²) in [5.74, 6) is 0.441. The van der Waals surface area contributed by atoms with Gasteiger partial charge in [-0.25, -0.2) is 0 Å². The molecule has 0 aliphatic heterocycles. The molecule has 0 radical (unpaired) electrons. The van der Waals surface area contributed by atoms with Crippen molar-refractivity contribution in [1.82, 2.24) is 10.2 Å². The minimum Gasteiger partial charge on any atom is -0.475 e.